The fourth-order valence-electron chi connectivity index (χ4n) is 3.21. The van der Waals surface area contributed by atoms with E-state index in [1.54, 1.807) is 18.3 Å². The van der Waals surface area contributed by atoms with Crippen LogP contribution in [0.2, 0.25) is 0 Å². The number of aromatic nitrogens is 1. The van der Waals surface area contributed by atoms with Gasteiger partial charge in [-0.15, -0.1) is 0 Å². The SMILES string of the molecule is O=C(c1ccc(Oc2ccc(Br)cc2)nc1)N1CCC2(CC1)OCCO2. The second kappa shape index (κ2) is 7.34. The highest BCUT2D eigenvalue weighted by molar-refractivity contribution is 9.10. The van der Waals surface area contributed by atoms with E-state index in [0.29, 0.717) is 56.3 Å². The zero-order chi connectivity index (χ0) is 18.0. The number of carbonyl (C=O) groups excluding carboxylic acids is 1. The molecule has 4 rings (SSSR count). The average molecular weight is 419 g/mol. The number of nitrogens with zero attached hydrogens (tertiary/aromatic N) is 2. The molecule has 26 heavy (non-hydrogen) atoms. The molecular formula is C19H19BrN2O4. The zero-order valence-electron chi connectivity index (χ0n) is 14.2. The van der Waals surface area contributed by atoms with E-state index >= 15 is 0 Å². The van der Waals surface area contributed by atoms with Gasteiger partial charge in [-0.05, 0) is 30.3 Å². The molecule has 1 amide bonds. The largest absolute Gasteiger partial charge is 0.439 e. The summed E-state index contributed by atoms with van der Waals surface area (Å²) in [5.74, 6) is 0.643. The topological polar surface area (TPSA) is 60.9 Å². The quantitative estimate of drug-likeness (QED) is 0.761. The predicted molar refractivity (Wildman–Crippen MR) is 98.2 cm³/mol. The third kappa shape index (κ3) is 3.75. The van der Waals surface area contributed by atoms with Crippen LogP contribution < -0.4 is 4.74 Å². The third-order valence-electron chi connectivity index (χ3n) is 4.65. The van der Waals surface area contributed by atoms with Crippen molar-refractivity contribution >= 4 is 21.8 Å². The first-order valence-electron chi connectivity index (χ1n) is 8.60. The molecule has 3 heterocycles. The number of carbonyl (C=O) groups is 1. The van der Waals surface area contributed by atoms with Gasteiger partial charge < -0.3 is 19.1 Å². The van der Waals surface area contributed by atoms with E-state index in [2.05, 4.69) is 20.9 Å². The molecule has 2 aromatic rings. The highest BCUT2D eigenvalue weighted by Gasteiger charge is 2.40. The summed E-state index contributed by atoms with van der Waals surface area (Å²) >= 11 is 3.38. The van der Waals surface area contributed by atoms with E-state index < -0.39 is 5.79 Å². The van der Waals surface area contributed by atoms with E-state index in [9.17, 15) is 4.79 Å². The van der Waals surface area contributed by atoms with Crippen molar-refractivity contribution < 1.29 is 19.0 Å². The normalized spacial score (nSPS) is 18.9. The van der Waals surface area contributed by atoms with Gasteiger partial charge >= 0.3 is 0 Å². The Bertz CT molecular complexity index is 763. The second-order valence-corrected chi connectivity index (χ2v) is 7.26. The van der Waals surface area contributed by atoms with Crippen LogP contribution in [0.4, 0.5) is 0 Å². The number of hydrogen-bond donors (Lipinski definition) is 0. The van der Waals surface area contributed by atoms with Gasteiger partial charge in [-0.3, -0.25) is 4.79 Å². The minimum Gasteiger partial charge on any atom is -0.439 e. The van der Waals surface area contributed by atoms with Crippen LogP contribution in [0.5, 0.6) is 11.6 Å². The number of ether oxygens (including phenoxy) is 3. The van der Waals surface area contributed by atoms with Gasteiger partial charge in [0.15, 0.2) is 5.79 Å². The number of hydrogen-bond acceptors (Lipinski definition) is 5. The van der Waals surface area contributed by atoms with Crippen LogP contribution in [0.3, 0.4) is 0 Å². The maximum atomic E-state index is 12.7. The fourth-order valence-corrected chi connectivity index (χ4v) is 3.47. The maximum Gasteiger partial charge on any atom is 0.255 e. The monoisotopic (exact) mass is 418 g/mol. The van der Waals surface area contributed by atoms with Crippen molar-refractivity contribution in [2.75, 3.05) is 26.3 Å². The van der Waals surface area contributed by atoms with Crippen LogP contribution in [-0.2, 0) is 9.47 Å². The molecule has 7 heteroatoms. The molecule has 2 aliphatic rings. The first-order valence-corrected chi connectivity index (χ1v) is 9.40. The van der Waals surface area contributed by atoms with Crippen molar-refractivity contribution in [2.24, 2.45) is 0 Å². The molecule has 1 aromatic carbocycles. The Balaban J connectivity index is 1.37. The third-order valence-corrected chi connectivity index (χ3v) is 5.17. The van der Waals surface area contributed by atoms with Crippen LogP contribution >= 0.6 is 15.9 Å². The summed E-state index contributed by atoms with van der Waals surface area (Å²) in [5, 5.41) is 0. The van der Waals surface area contributed by atoms with Crippen LogP contribution in [0, 0.1) is 0 Å². The summed E-state index contributed by atoms with van der Waals surface area (Å²) in [7, 11) is 0. The Hall–Kier alpha value is -1.96. The molecular weight excluding hydrogens is 400 g/mol. The standard InChI is InChI=1S/C19H19BrN2O4/c20-15-2-4-16(5-3-15)26-17-6-1-14(13-21-17)18(23)22-9-7-19(8-10-22)24-11-12-25-19/h1-6,13H,7-12H2. The summed E-state index contributed by atoms with van der Waals surface area (Å²) in [5.41, 5.74) is 0.553. The number of pyridine rings is 1. The molecule has 6 nitrogen and oxygen atoms in total. The van der Waals surface area contributed by atoms with Crippen molar-refractivity contribution in [1.82, 2.24) is 9.88 Å². The molecule has 0 radical (unpaired) electrons. The van der Waals surface area contributed by atoms with Gasteiger partial charge in [0.25, 0.3) is 5.91 Å². The molecule has 0 bridgehead atoms. The Morgan fingerprint density at radius 3 is 2.38 bits per heavy atom. The van der Waals surface area contributed by atoms with Gasteiger partial charge in [-0.1, -0.05) is 15.9 Å². The van der Waals surface area contributed by atoms with E-state index in [1.165, 1.54) is 0 Å². The molecule has 0 unspecified atom stereocenters. The molecule has 2 aliphatic heterocycles. The molecule has 136 valence electrons. The highest BCUT2D eigenvalue weighted by Crippen LogP contribution is 2.31. The Labute approximate surface area is 160 Å². The molecule has 0 N–H and O–H groups in total. The lowest BCUT2D eigenvalue weighted by molar-refractivity contribution is -0.181. The van der Waals surface area contributed by atoms with Crippen LogP contribution in [-0.4, -0.2) is 47.9 Å². The number of amides is 1. The van der Waals surface area contributed by atoms with E-state index in [0.717, 1.165) is 4.47 Å². The maximum absolute atomic E-state index is 12.7. The summed E-state index contributed by atoms with van der Waals surface area (Å²) in [6, 6.07) is 11.0. The van der Waals surface area contributed by atoms with Gasteiger partial charge in [0, 0.05) is 42.7 Å². The van der Waals surface area contributed by atoms with Gasteiger partial charge in [0.05, 0.1) is 18.8 Å². The zero-order valence-corrected chi connectivity index (χ0v) is 15.8. The number of benzene rings is 1. The molecule has 1 aromatic heterocycles. The second-order valence-electron chi connectivity index (χ2n) is 6.34. The number of halogens is 1. The van der Waals surface area contributed by atoms with Crippen LogP contribution in [0.25, 0.3) is 0 Å². The van der Waals surface area contributed by atoms with E-state index in [4.69, 9.17) is 14.2 Å². The van der Waals surface area contributed by atoms with Crippen molar-refractivity contribution in [3.63, 3.8) is 0 Å². The van der Waals surface area contributed by atoms with Gasteiger partial charge in [-0.2, -0.15) is 0 Å². The predicted octanol–water partition coefficient (Wildman–Crippen LogP) is 3.62. The lowest BCUT2D eigenvalue weighted by atomic mass is 10.0. The fraction of sp³-hybridized carbons (Fsp3) is 0.368. The van der Waals surface area contributed by atoms with E-state index in [-0.39, 0.29) is 5.91 Å². The van der Waals surface area contributed by atoms with Gasteiger partial charge in [0.2, 0.25) is 5.88 Å². The minimum atomic E-state index is -0.475. The van der Waals surface area contributed by atoms with Crippen molar-refractivity contribution in [3.05, 3.63) is 52.6 Å². The Kier molecular flexibility index (Phi) is 4.93. The molecule has 0 saturated carbocycles. The summed E-state index contributed by atoms with van der Waals surface area (Å²) in [6.07, 6.45) is 2.97. The molecule has 1 spiro atoms. The Morgan fingerprint density at radius 1 is 1.08 bits per heavy atom. The van der Waals surface area contributed by atoms with Gasteiger partial charge in [0.1, 0.15) is 5.75 Å². The first-order chi connectivity index (χ1) is 12.6. The average Bonchev–Trinajstić information content (AvgIpc) is 3.12. The lowest BCUT2D eigenvalue weighted by Crippen LogP contribution is -2.47. The summed E-state index contributed by atoms with van der Waals surface area (Å²) < 4.78 is 18.1. The smallest absolute Gasteiger partial charge is 0.255 e. The Morgan fingerprint density at radius 2 is 1.77 bits per heavy atom. The van der Waals surface area contributed by atoms with Crippen LogP contribution in [0.15, 0.2) is 47.1 Å². The lowest BCUT2D eigenvalue weighted by Gasteiger charge is -2.37. The van der Waals surface area contributed by atoms with Crippen molar-refractivity contribution in [1.29, 1.82) is 0 Å². The van der Waals surface area contributed by atoms with Crippen LogP contribution in [0.1, 0.15) is 23.2 Å². The number of likely N-dealkylation sites (tertiary alicyclic amines) is 1. The molecule has 2 fully saturated rings. The minimum absolute atomic E-state index is 0.0273. The molecule has 0 atom stereocenters. The highest BCUT2D eigenvalue weighted by atomic mass is 79.9. The number of rotatable bonds is 3. The molecule has 0 aliphatic carbocycles. The summed E-state index contributed by atoms with van der Waals surface area (Å²) in [6.45, 7) is 2.52. The van der Waals surface area contributed by atoms with E-state index in [1.807, 2.05) is 29.2 Å². The first kappa shape index (κ1) is 17.5. The number of piperidine rings is 1. The van der Waals surface area contributed by atoms with Crippen molar-refractivity contribution in [3.8, 4) is 11.6 Å². The molecule has 2 saturated heterocycles. The van der Waals surface area contributed by atoms with Crippen molar-refractivity contribution in [2.45, 2.75) is 18.6 Å². The summed E-state index contributed by atoms with van der Waals surface area (Å²) in [4.78, 5) is 18.7. The van der Waals surface area contributed by atoms with Gasteiger partial charge in [-0.25, -0.2) is 4.98 Å².